The van der Waals surface area contributed by atoms with Gasteiger partial charge in [-0.2, -0.15) is 0 Å². The van der Waals surface area contributed by atoms with Crippen LogP contribution in [0.1, 0.15) is 6.42 Å². The third kappa shape index (κ3) is 2.91. The molecule has 0 aromatic rings. The second kappa shape index (κ2) is 5.80. The Hall–Kier alpha value is -0.160. The lowest BCUT2D eigenvalue weighted by Gasteiger charge is -2.22. The molecular formula is C11H22N2O2. The molecular weight excluding hydrogens is 192 g/mol. The van der Waals surface area contributed by atoms with Gasteiger partial charge in [0.1, 0.15) is 0 Å². The molecule has 1 N–H and O–H groups in total. The number of ether oxygens (including phenoxy) is 2. The summed E-state index contributed by atoms with van der Waals surface area (Å²) in [6, 6.07) is 0.774. The van der Waals surface area contributed by atoms with Crippen molar-refractivity contribution >= 4 is 0 Å². The molecule has 2 saturated heterocycles. The van der Waals surface area contributed by atoms with E-state index in [9.17, 15) is 0 Å². The van der Waals surface area contributed by atoms with E-state index in [1.165, 1.54) is 26.1 Å². The molecule has 0 aromatic carbocycles. The number of hydrogen-bond donors (Lipinski definition) is 1. The molecule has 4 heteroatoms. The van der Waals surface area contributed by atoms with E-state index in [1.807, 2.05) is 0 Å². The summed E-state index contributed by atoms with van der Waals surface area (Å²) >= 11 is 0. The highest BCUT2D eigenvalue weighted by molar-refractivity contribution is 4.94. The van der Waals surface area contributed by atoms with E-state index in [2.05, 4.69) is 10.2 Å². The fourth-order valence-electron chi connectivity index (χ4n) is 2.64. The minimum atomic E-state index is 0.702. The fraction of sp³-hybridized carbons (Fsp3) is 1.00. The zero-order chi connectivity index (χ0) is 10.5. The Labute approximate surface area is 91.9 Å². The molecule has 0 radical (unpaired) electrons. The maximum atomic E-state index is 5.50. The zero-order valence-corrected chi connectivity index (χ0v) is 9.58. The predicted octanol–water partition coefficient (Wildman–Crippen LogP) is -0.0569. The molecule has 0 spiro atoms. The Morgan fingerprint density at radius 1 is 1.27 bits per heavy atom. The van der Waals surface area contributed by atoms with Gasteiger partial charge in [0.2, 0.25) is 0 Å². The highest BCUT2D eigenvalue weighted by Gasteiger charge is 2.36. The predicted molar refractivity (Wildman–Crippen MR) is 59.0 cm³/mol. The molecule has 15 heavy (non-hydrogen) atoms. The van der Waals surface area contributed by atoms with Crippen LogP contribution >= 0.6 is 0 Å². The van der Waals surface area contributed by atoms with Crippen LogP contribution in [0.25, 0.3) is 0 Å². The Balaban J connectivity index is 1.59. The topological polar surface area (TPSA) is 33.7 Å². The van der Waals surface area contributed by atoms with Crippen molar-refractivity contribution in [2.24, 2.45) is 5.92 Å². The standard InChI is InChI=1S/C11H22N2O2/c1-14-6-7-15-5-4-13-3-2-10-8-12-9-11(10)13/h10-12H,2-9H2,1H3/t10-,11+/m0/s1. The van der Waals surface area contributed by atoms with Gasteiger partial charge in [0.05, 0.1) is 19.8 Å². The van der Waals surface area contributed by atoms with E-state index in [-0.39, 0.29) is 0 Å². The summed E-state index contributed by atoms with van der Waals surface area (Å²) < 4.78 is 10.4. The van der Waals surface area contributed by atoms with Crippen molar-refractivity contribution in [3.8, 4) is 0 Å². The number of fused-ring (bicyclic) bond motifs is 1. The SMILES string of the molecule is COCCOCCN1CC[C@H]2CNC[C@H]21. The summed E-state index contributed by atoms with van der Waals surface area (Å²) in [6.45, 7) is 6.97. The van der Waals surface area contributed by atoms with Crippen LogP contribution in [0.4, 0.5) is 0 Å². The first-order chi connectivity index (χ1) is 7.42. The van der Waals surface area contributed by atoms with Crippen LogP contribution in [-0.4, -0.2) is 64.1 Å². The molecule has 0 aliphatic carbocycles. The smallest absolute Gasteiger partial charge is 0.0700 e. The quantitative estimate of drug-likeness (QED) is 0.628. The summed E-state index contributed by atoms with van der Waals surface area (Å²) in [5.41, 5.74) is 0. The van der Waals surface area contributed by atoms with E-state index in [0.717, 1.165) is 31.7 Å². The third-order valence-electron chi connectivity index (χ3n) is 3.51. The summed E-state index contributed by atoms with van der Waals surface area (Å²) in [7, 11) is 1.71. The second-order valence-electron chi connectivity index (χ2n) is 4.42. The first-order valence-electron chi connectivity index (χ1n) is 5.93. The molecule has 2 aliphatic rings. The maximum absolute atomic E-state index is 5.50. The van der Waals surface area contributed by atoms with Crippen LogP contribution in [0.5, 0.6) is 0 Å². The molecule has 4 nitrogen and oxygen atoms in total. The third-order valence-corrected chi connectivity index (χ3v) is 3.51. The molecule has 2 atom stereocenters. The molecule has 2 rings (SSSR count). The van der Waals surface area contributed by atoms with E-state index in [4.69, 9.17) is 9.47 Å². The monoisotopic (exact) mass is 214 g/mol. The van der Waals surface area contributed by atoms with Crippen molar-refractivity contribution in [2.75, 3.05) is 53.1 Å². The number of likely N-dealkylation sites (tertiary alicyclic amines) is 1. The van der Waals surface area contributed by atoms with Crippen LogP contribution in [0.15, 0.2) is 0 Å². The molecule has 0 saturated carbocycles. The van der Waals surface area contributed by atoms with E-state index in [0.29, 0.717) is 6.61 Å². The van der Waals surface area contributed by atoms with Crippen LogP contribution < -0.4 is 5.32 Å². The molecule has 88 valence electrons. The molecule has 2 aliphatic heterocycles. The number of hydrogen-bond acceptors (Lipinski definition) is 4. The molecule has 0 amide bonds. The van der Waals surface area contributed by atoms with Gasteiger partial charge < -0.3 is 14.8 Å². The number of rotatable bonds is 6. The van der Waals surface area contributed by atoms with Gasteiger partial charge in [0, 0.05) is 26.2 Å². The first kappa shape index (κ1) is 11.3. The van der Waals surface area contributed by atoms with Crippen LogP contribution in [0.2, 0.25) is 0 Å². The van der Waals surface area contributed by atoms with Gasteiger partial charge in [0.15, 0.2) is 0 Å². The average molecular weight is 214 g/mol. The second-order valence-corrected chi connectivity index (χ2v) is 4.42. The normalized spacial score (nSPS) is 31.0. The average Bonchev–Trinajstić information content (AvgIpc) is 2.81. The van der Waals surface area contributed by atoms with Crippen molar-refractivity contribution in [2.45, 2.75) is 12.5 Å². The lowest BCUT2D eigenvalue weighted by molar-refractivity contribution is 0.0553. The van der Waals surface area contributed by atoms with Crippen molar-refractivity contribution < 1.29 is 9.47 Å². The fourth-order valence-corrected chi connectivity index (χ4v) is 2.64. The Kier molecular flexibility index (Phi) is 4.38. The zero-order valence-electron chi connectivity index (χ0n) is 9.58. The molecule has 0 bridgehead atoms. The Morgan fingerprint density at radius 3 is 3.07 bits per heavy atom. The number of methoxy groups -OCH3 is 1. The minimum absolute atomic E-state index is 0.702. The summed E-state index contributed by atoms with van der Waals surface area (Å²) in [6.07, 6.45) is 1.36. The van der Waals surface area contributed by atoms with E-state index < -0.39 is 0 Å². The molecule has 2 fully saturated rings. The largest absolute Gasteiger partial charge is 0.382 e. The van der Waals surface area contributed by atoms with Crippen LogP contribution in [0.3, 0.4) is 0 Å². The summed E-state index contributed by atoms with van der Waals surface area (Å²) in [5, 5.41) is 3.46. The maximum Gasteiger partial charge on any atom is 0.0700 e. The summed E-state index contributed by atoms with van der Waals surface area (Å²) in [4.78, 5) is 2.57. The molecule has 2 heterocycles. The van der Waals surface area contributed by atoms with Crippen LogP contribution in [0, 0.1) is 5.92 Å². The van der Waals surface area contributed by atoms with Gasteiger partial charge in [-0.25, -0.2) is 0 Å². The highest BCUT2D eigenvalue weighted by Crippen LogP contribution is 2.26. The van der Waals surface area contributed by atoms with Gasteiger partial charge in [0.25, 0.3) is 0 Å². The van der Waals surface area contributed by atoms with Crippen molar-refractivity contribution in [1.82, 2.24) is 10.2 Å². The lowest BCUT2D eigenvalue weighted by atomic mass is 10.1. The van der Waals surface area contributed by atoms with Crippen molar-refractivity contribution in [3.05, 3.63) is 0 Å². The van der Waals surface area contributed by atoms with Gasteiger partial charge in [-0.1, -0.05) is 0 Å². The molecule has 0 aromatic heterocycles. The first-order valence-corrected chi connectivity index (χ1v) is 5.93. The Bertz CT molecular complexity index is 189. The van der Waals surface area contributed by atoms with Crippen molar-refractivity contribution in [1.29, 1.82) is 0 Å². The van der Waals surface area contributed by atoms with Crippen molar-refractivity contribution in [3.63, 3.8) is 0 Å². The van der Waals surface area contributed by atoms with Gasteiger partial charge in [-0.05, 0) is 25.4 Å². The highest BCUT2D eigenvalue weighted by atomic mass is 16.5. The number of nitrogens with one attached hydrogen (secondary N) is 1. The van der Waals surface area contributed by atoms with Gasteiger partial charge >= 0.3 is 0 Å². The molecule has 0 unspecified atom stereocenters. The minimum Gasteiger partial charge on any atom is -0.382 e. The van der Waals surface area contributed by atoms with Crippen LogP contribution in [-0.2, 0) is 9.47 Å². The van der Waals surface area contributed by atoms with E-state index >= 15 is 0 Å². The lowest BCUT2D eigenvalue weighted by Crippen LogP contribution is -2.36. The summed E-state index contributed by atoms with van der Waals surface area (Å²) in [5.74, 6) is 0.893. The van der Waals surface area contributed by atoms with E-state index in [1.54, 1.807) is 7.11 Å². The number of nitrogens with zero attached hydrogens (tertiary/aromatic N) is 1. The Morgan fingerprint density at radius 2 is 2.20 bits per heavy atom. The van der Waals surface area contributed by atoms with Gasteiger partial charge in [-0.3, -0.25) is 4.90 Å². The van der Waals surface area contributed by atoms with Gasteiger partial charge in [-0.15, -0.1) is 0 Å².